The van der Waals surface area contributed by atoms with Crippen LogP contribution in [0.4, 0.5) is 0 Å². The summed E-state index contributed by atoms with van der Waals surface area (Å²) in [6.07, 6.45) is 4.84. The Morgan fingerprint density at radius 1 is 0.878 bits per heavy atom. The molecule has 41 heavy (non-hydrogen) atoms. The Kier molecular flexibility index (Phi) is 11.0. The summed E-state index contributed by atoms with van der Waals surface area (Å²) in [7, 11) is 0. The molecule has 8 heteroatoms. The van der Waals surface area contributed by atoms with Crippen molar-refractivity contribution in [2.24, 2.45) is 5.92 Å². The maximum absolute atomic E-state index is 13.5. The van der Waals surface area contributed by atoms with Gasteiger partial charge in [-0.2, -0.15) is 0 Å². The molecule has 2 atom stereocenters. The van der Waals surface area contributed by atoms with Crippen LogP contribution >= 0.6 is 0 Å². The highest BCUT2D eigenvalue weighted by Crippen LogP contribution is 2.24. The summed E-state index contributed by atoms with van der Waals surface area (Å²) in [6.45, 7) is 9.32. The fourth-order valence-corrected chi connectivity index (χ4v) is 4.85. The van der Waals surface area contributed by atoms with Gasteiger partial charge in [-0.1, -0.05) is 68.4 Å². The summed E-state index contributed by atoms with van der Waals surface area (Å²) in [5, 5.41) is 15.2. The van der Waals surface area contributed by atoms with Crippen LogP contribution in [0.3, 0.4) is 0 Å². The number of nitrogens with one attached hydrogen (secondary N) is 5. The minimum absolute atomic E-state index is 0.179. The summed E-state index contributed by atoms with van der Waals surface area (Å²) in [6, 6.07) is 20.9. The molecule has 3 aromatic carbocycles. The van der Waals surface area contributed by atoms with E-state index in [4.69, 9.17) is 0 Å². The average Bonchev–Trinajstić information content (AvgIpc) is 3.49. The van der Waals surface area contributed by atoms with Crippen LogP contribution in [0.2, 0.25) is 0 Å². The molecule has 0 aliphatic heterocycles. The minimum atomic E-state index is -0.643. The van der Waals surface area contributed by atoms with Crippen molar-refractivity contribution in [2.45, 2.75) is 58.8 Å². The van der Waals surface area contributed by atoms with Gasteiger partial charge < -0.3 is 26.3 Å². The first kappa shape index (κ1) is 30.0. The van der Waals surface area contributed by atoms with Crippen LogP contribution < -0.4 is 21.3 Å². The van der Waals surface area contributed by atoms with Crippen molar-refractivity contribution in [1.82, 2.24) is 31.2 Å². The second-order valence-corrected chi connectivity index (χ2v) is 10.9. The summed E-state index contributed by atoms with van der Waals surface area (Å²) < 4.78 is 0. The van der Waals surface area contributed by atoms with E-state index in [1.165, 1.54) is 0 Å². The molecule has 1 unspecified atom stereocenters. The quantitative estimate of drug-likeness (QED) is 0.135. The number of benzene rings is 3. The summed E-state index contributed by atoms with van der Waals surface area (Å²) in [5.41, 5.74) is 2.64. The molecule has 0 spiro atoms. The topological polar surface area (TPSA) is 111 Å². The maximum Gasteiger partial charge on any atom is 0.251 e. The van der Waals surface area contributed by atoms with Crippen LogP contribution in [0.15, 0.2) is 79.1 Å². The standard InChI is InChI=1S/C33H42N6O2/c1-23(2)20-34-17-7-12-30(33(41)38-24(3)28-11-6-9-26-8-4-5-10-29(26)28)39-32(40)27-15-13-25(14-16-27)21-35-22-31-36-18-19-37-31/h4-6,8-11,13-16,18-19,23-24,30,34-35H,7,12,17,20-22H2,1-3H3,(H,36,37)(H,38,41)(H,39,40)/t24?,30-/m0/s1. The van der Waals surface area contributed by atoms with E-state index in [1.54, 1.807) is 24.5 Å². The number of amides is 2. The number of hydrogen-bond acceptors (Lipinski definition) is 5. The molecule has 1 aromatic heterocycles. The lowest BCUT2D eigenvalue weighted by atomic mass is 9.99. The van der Waals surface area contributed by atoms with Crippen LogP contribution in [-0.4, -0.2) is 40.9 Å². The van der Waals surface area contributed by atoms with Crippen LogP contribution in [0, 0.1) is 5.92 Å². The Hall–Kier alpha value is -4.01. The zero-order chi connectivity index (χ0) is 29.0. The highest BCUT2D eigenvalue weighted by Gasteiger charge is 2.23. The van der Waals surface area contributed by atoms with Gasteiger partial charge >= 0.3 is 0 Å². The van der Waals surface area contributed by atoms with Crippen LogP contribution in [-0.2, 0) is 17.9 Å². The SMILES string of the molecule is CC(C)CNCCC[C@H](NC(=O)c1ccc(CNCc2ncc[nH]2)cc1)C(=O)NC(C)c1cccc2ccccc12. The number of carbonyl (C=O) groups excluding carboxylic acids is 2. The predicted octanol–water partition coefficient (Wildman–Crippen LogP) is 4.85. The van der Waals surface area contributed by atoms with Crippen molar-refractivity contribution in [3.63, 3.8) is 0 Å². The Labute approximate surface area is 242 Å². The number of rotatable bonds is 15. The molecule has 0 bridgehead atoms. The van der Waals surface area contributed by atoms with Gasteiger partial charge in [0, 0.05) is 24.5 Å². The highest BCUT2D eigenvalue weighted by atomic mass is 16.2. The van der Waals surface area contributed by atoms with Crippen molar-refractivity contribution in [3.05, 3.63) is 102 Å². The molecule has 216 valence electrons. The summed E-state index contributed by atoms with van der Waals surface area (Å²) in [4.78, 5) is 34.0. The monoisotopic (exact) mass is 554 g/mol. The average molecular weight is 555 g/mol. The lowest BCUT2D eigenvalue weighted by molar-refractivity contribution is -0.123. The summed E-state index contributed by atoms with van der Waals surface area (Å²) in [5.74, 6) is 0.993. The van der Waals surface area contributed by atoms with Gasteiger partial charge in [0.15, 0.2) is 0 Å². The van der Waals surface area contributed by atoms with Gasteiger partial charge in [0.2, 0.25) is 5.91 Å². The Morgan fingerprint density at radius 3 is 2.41 bits per heavy atom. The molecule has 5 N–H and O–H groups in total. The molecule has 4 rings (SSSR count). The van der Waals surface area contributed by atoms with Crippen LogP contribution in [0.25, 0.3) is 10.8 Å². The zero-order valence-corrected chi connectivity index (χ0v) is 24.2. The lowest BCUT2D eigenvalue weighted by Crippen LogP contribution is -2.47. The Morgan fingerprint density at radius 2 is 1.66 bits per heavy atom. The van der Waals surface area contributed by atoms with Gasteiger partial charge in [0.05, 0.1) is 12.6 Å². The first-order chi connectivity index (χ1) is 19.9. The number of H-pyrrole nitrogens is 1. The number of hydrogen-bond donors (Lipinski definition) is 5. The number of fused-ring (bicyclic) bond motifs is 1. The van der Waals surface area contributed by atoms with Gasteiger partial charge in [-0.25, -0.2) is 4.98 Å². The van der Waals surface area contributed by atoms with Gasteiger partial charge in [0.25, 0.3) is 5.91 Å². The van der Waals surface area contributed by atoms with Crippen molar-refractivity contribution in [1.29, 1.82) is 0 Å². The van der Waals surface area contributed by atoms with Gasteiger partial charge in [-0.15, -0.1) is 0 Å². The molecule has 0 fully saturated rings. The van der Waals surface area contributed by atoms with E-state index in [-0.39, 0.29) is 17.9 Å². The Bertz CT molecular complexity index is 1380. The molecular weight excluding hydrogens is 512 g/mol. The number of aromatic amines is 1. The Balaban J connectivity index is 1.38. The molecule has 0 saturated carbocycles. The first-order valence-corrected chi connectivity index (χ1v) is 14.5. The van der Waals surface area contributed by atoms with Gasteiger partial charge in [-0.3, -0.25) is 9.59 Å². The van der Waals surface area contributed by atoms with Crippen molar-refractivity contribution in [2.75, 3.05) is 13.1 Å². The molecule has 4 aromatic rings. The van der Waals surface area contributed by atoms with E-state index in [1.807, 2.05) is 43.3 Å². The van der Waals surface area contributed by atoms with E-state index in [0.29, 0.717) is 31.0 Å². The number of nitrogens with zero attached hydrogens (tertiary/aromatic N) is 1. The zero-order valence-electron chi connectivity index (χ0n) is 24.2. The number of aromatic nitrogens is 2. The van der Waals surface area contributed by atoms with Crippen LogP contribution in [0.1, 0.15) is 67.0 Å². The van der Waals surface area contributed by atoms with E-state index >= 15 is 0 Å². The fraction of sp³-hybridized carbons (Fsp3) is 0.364. The molecule has 1 heterocycles. The molecule has 0 radical (unpaired) electrons. The molecular formula is C33H42N6O2. The third-order valence-corrected chi connectivity index (χ3v) is 7.06. The molecule has 0 aliphatic rings. The van der Waals surface area contributed by atoms with Crippen molar-refractivity contribution < 1.29 is 9.59 Å². The largest absolute Gasteiger partial charge is 0.348 e. The maximum atomic E-state index is 13.5. The molecule has 0 saturated heterocycles. The second-order valence-electron chi connectivity index (χ2n) is 10.9. The molecule has 8 nitrogen and oxygen atoms in total. The smallest absolute Gasteiger partial charge is 0.251 e. The van der Waals surface area contributed by atoms with Gasteiger partial charge in [0.1, 0.15) is 11.9 Å². The number of imidazole rings is 1. The normalized spacial score (nSPS) is 12.8. The summed E-state index contributed by atoms with van der Waals surface area (Å²) >= 11 is 0. The third-order valence-electron chi connectivity index (χ3n) is 7.06. The van der Waals surface area contributed by atoms with E-state index < -0.39 is 6.04 Å². The van der Waals surface area contributed by atoms with E-state index in [0.717, 1.165) is 47.2 Å². The molecule has 0 aliphatic carbocycles. The lowest BCUT2D eigenvalue weighted by Gasteiger charge is -2.23. The van der Waals surface area contributed by atoms with E-state index in [9.17, 15) is 9.59 Å². The van der Waals surface area contributed by atoms with Crippen LogP contribution in [0.5, 0.6) is 0 Å². The van der Waals surface area contributed by atoms with Gasteiger partial charge in [-0.05, 0) is 72.8 Å². The van der Waals surface area contributed by atoms with Crippen molar-refractivity contribution >= 4 is 22.6 Å². The predicted molar refractivity (Wildman–Crippen MR) is 164 cm³/mol. The third kappa shape index (κ3) is 8.99. The van der Waals surface area contributed by atoms with Crippen molar-refractivity contribution in [3.8, 4) is 0 Å². The fourth-order valence-electron chi connectivity index (χ4n) is 4.85. The first-order valence-electron chi connectivity index (χ1n) is 14.5. The highest BCUT2D eigenvalue weighted by molar-refractivity contribution is 5.97. The minimum Gasteiger partial charge on any atom is -0.348 e. The number of carbonyl (C=O) groups is 2. The molecule has 2 amide bonds. The second kappa shape index (κ2) is 15.1. The van der Waals surface area contributed by atoms with E-state index in [2.05, 4.69) is 63.3 Å².